The van der Waals surface area contributed by atoms with E-state index in [0.717, 1.165) is 37.1 Å². The first-order chi connectivity index (χ1) is 16.5. The highest BCUT2D eigenvalue weighted by Crippen LogP contribution is 2.28. The predicted octanol–water partition coefficient (Wildman–Crippen LogP) is 5.37. The second-order valence-electron chi connectivity index (χ2n) is 8.13. The van der Waals surface area contributed by atoms with Gasteiger partial charge in [-0.05, 0) is 74.6 Å². The summed E-state index contributed by atoms with van der Waals surface area (Å²) in [6, 6.07) is 8.17. The number of aromatic carboxylic acids is 1. The summed E-state index contributed by atoms with van der Waals surface area (Å²) >= 11 is 0. The number of hydrogen-bond donors (Lipinski definition) is 3. The molecular formula is C24H31F3N2O6S. The average Bonchev–Trinajstić information content (AvgIpc) is 2.75. The molecule has 0 saturated heterocycles. The molecule has 0 atom stereocenters. The number of anilines is 2. The van der Waals surface area contributed by atoms with Crippen molar-refractivity contribution < 1.29 is 41.4 Å². The summed E-state index contributed by atoms with van der Waals surface area (Å²) in [4.78, 5) is 23.0. The van der Waals surface area contributed by atoms with E-state index in [1.54, 1.807) is 25.1 Å². The molecule has 0 aliphatic carbocycles. The van der Waals surface area contributed by atoms with E-state index < -0.39 is 28.1 Å². The third kappa shape index (κ3) is 8.43. The quantitative estimate of drug-likeness (QED) is 0.397. The molecule has 200 valence electrons. The Labute approximate surface area is 208 Å². The summed E-state index contributed by atoms with van der Waals surface area (Å²) in [5.41, 5.74) is 3.47. The zero-order valence-corrected chi connectivity index (χ0v) is 21.5. The number of carboxylic acid groups (broad SMARTS) is 2. The molecule has 0 radical (unpaired) electrons. The van der Waals surface area contributed by atoms with Gasteiger partial charge in [0.1, 0.15) is 0 Å². The molecule has 0 heterocycles. The molecule has 0 aliphatic rings. The molecule has 2 rings (SSSR count). The van der Waals surface area contributed by atoms with Crippen molar-refractivity contribution in [2.75, 3.05) is 22.7 Å². The molecule has 8 nitrogen and oxygen atoms in total. The molecule has 36 heavy (non-hydrogen) atoms. The van der Waals surface area contributed by atoms with Crippen LogP contribution < -0.4 is 9.62 Å². The highest BCUT2D eigenvalue weighted by atomic mass is 32.2. The van der Waals surface area contributed by atoms with Crippen LogP contribution in [-0.4, -0.2) is 49.8 Å². The Morgan fingerprint density at radius 1 is 0.917 bits per heavy atom. The molecule has 3 N–H and O–H groups in total. The second-order valence-corrected chi connectivity index (χ2v) is 9.79. The Balaban J connectivity index is 0.000000809. The number of benzene rings is 2. The van der Waals surface area contributed by atoms with Gasteiger partial charge in [0, 0.05) is 18.8 Å². The van der Waals surface area contributed by atoms with E-state index in [1.807, 2.05) is 38.7 Å². The Morgan fingerprint density at radius 3 is 1.86 bits per heavy atom. The number of carboxylic acids is 2. The van der Waals surface area contributed by atoms with E-state index in [9.17, 15) is 31.5 Å². The highest BCUT2D eigenvalue weighted by Gasteiger charge is 2.38. The van der Waals surface area contributed by atoms with Crippen LogP contribution in [-0.2, 0) is 14.8 Å². The number of carbonyl (C=O) groups is 2. The van der Waals surface area contributed by atoms with Gasteiger partial charge >= 0.3 is 18.1 Å². The molecule has 0 bridgehead atoms. The lowest BCUT2D eigenvalue weighted by atomic mass is 10.1. The maximum absolute atomic E-state index is 12.9. The Kier molecular flexibility index (Phi) is 10.8. The summed E-state index contributed by atoms with van der Waals surface area (Å²) in [7, 11) is -3.84. The normalized spacial score (nSPS) is 11.3. The third-order valence-corrected chi connectivity index (χ3v) is 6.65. The SMILES string of the molecule is CCCN(CCC)c1ccc(NS(=O)(=O)c2cc(C)c(C)cc2C)cc1C(=O)O.O=C(O)C(F)(F)F. The first-order valence-corrected chi connectivity index (χ1v) is 12.6. The summed E-state index contributed by atoms with van der Waals surface area (Å²) in [5, 5.41) is 16.8. The second kappa shape index (κ2) is 12.6. The van der Waals surface area contributed by atoms with Crippen LogP contribution in [0.3, 0.4) is 0 Å². The molecule has 0 fully saturated rings. The molecule has 0 unspecified atom stereocenters. The largest absolute Gasteiger partial charge is 0.490 e. The smallest absolute Gasteiger partial charge is 0.478 e. The zero-order chi connectivity index (χ0) is 27.8. The number of nitrogens with one attached hydrogen (secondary N) is 1. The molecule has 2 aromatic rings. The van der Waals surface area contributed by atoms with Crippen LogP contribution in [0.25, 0.3) is 0 Å². The number of alkyl halides is 3. The van der Waals surface area contributed by atoms with Crippen molar-refractivity contribution in [2.45, 2.75) is 58.5 Å². The molecule has 0 aliphatic heterocycles. The van der Waals surface area contributed by atoms with Gasteiger partial charge in [0.15, 0.2) is 0 Å². The number of hydrogen-bond acceptors (Lipinski definition) is 5. The van der Waals surface area contributed by atoms with E-state index in [4.69, 9.17) is 9.90 Å². The van der Waals surface area contributed by atoms with Gasteiger partial charge in [-0.25, -0.2) is 18.0 Å². The highest BCUT2D eigenvalue weighted by molar-refractivity contribution is 7.92. The Hall–Kier alpha value is -3.28. The standard InChI is InChI=1S/C22H30N2O4S.C2HF3O2/c1-6-10-24(11-7-2)20-9-8-18(14-19(20)22(25)26)23-29(27,28)21-13-16(4)15(3)12-17(21)5;3-2(4,5)1(6)7/h8-9,12-14,23H,6-7,10-11H2,1-5H3,(H,25,26);(H,6,7). The number of rotatable bonds is 9. The maximum atomic E-state index is 12.9. The maximum Gasteiger partial charge on any atom is 0.490 e. The minimum atomic E-state index is -5.08. The topological polar surface area (TPSA) is 124 Å². The number of halogens is 3. The van der Waals surface area contributed by atoms with Gasteiger partial charge in [0.05, 0.1) is 16.1 Å². The van der Waals surface area contributed by atoms with E-state index >= 15 is 0 Å². The fourth-order valence-corrected chi connectivity index (χ4v) is 4.73. The van der Waals surface area contributed by atoms with Crippen molar-refractivity contribution in [1.29, 1.82) is 0 Å². The minimum Gasteiger partial charge on any atom is -0.478 e. The van der Waals surface area contributed by atoms with Crippen LogP contribution in [0.4, 0.5) is 24.5 Å². The van der Waals surface area contributed by atoms with Gasteiger partial charge in [-0.2, -0.15) is 13.2 Å². The third-order valence-electron chi connectivity index (χ3n) is 5.13. The van der Waals surface area contributed by atoms with Crippen LogP contribution in [0, 0.1) is 20.8 Å². The lowest BCUT2D eigenvalue weighted by Gasteiger charge is -2.26. The summed E-state index contributed by atoms with van der Waals surface area (Å²) < 4.78 is 60.1. The van der Waals surface area contributed by atoms with Gasteiger partial charge in [-0.3, -0.25) is 4.72 Å². The van der Waals surface area contributed by atoms with Crippen molar-refractivity contribution >= 4 is 33.3 Å². The summed E-state index contributed by atoms with van der Waals surface area (Å²) in [6.45, 7) is 11.1. The number of aliphatic carboxylic acids is 1. The van der Waals surface area contributed by atoms with Gasteiger partial charge in [-0.1, -0.05) is 19.9 Å². The van der Waals surface area contributed by atoms with Gasteiger partial charge in [0.2, 0.25) is 0 Å². The fraction of sp³-hybridized carbons (Fsp3) is 0.417. The molecule has 12 heteroatoms. The van der Waals surface area contributed by atoms with Crippen molar-refractivity contribution in [1.82, 2.24) is 0 Å². The molecule has 0 aromatic heterocycles. The average molecular weight is 533 g/mol. The first-order valence-electron chi connectivity index (χ1n) is 11.1. The van der Waals surface area contributed by atoms with E-state index in [2.05, 4.69) is 4.72 Å². The van der Waals surface area contributed by atoms with E-state index in [0.29, 0.717) is 11.3 Å². The lowest BCUT2D eigenvalue weighted by molar-refractivity contribution is -0.192. The van der Waals surface area contributed by atoms with Crippen molar-refractivity contribution in [3.05, 3.63) is 52.6 Å². The monoisotopic (exact) mass is 532 g/mol. The summed E-state index contributed by atoms with van der Waals surface area (Å²) in [5.74, 6) is -3.84. The predicted molar refractivity (Wildman–Crippen MR) is 131 cm³/mol. The molecule has 0 amide bonds. The van der Waals surface area contributed by atoms with E-state index in [-0.39, 0.29) is 16.1 Å². The van der Waals surface area contributed by atoms with Crippen LogP contribution in [0.1, 0.15) is 53.7 Å². The van der Waals surface area contributed by atoms with Crippen LogP contribution in [0.5, 0.6) is 0 Å². The van der Waals surface area contributed by atoms with Gasteiger partial charge < -0.3 is 15.1 Å². The Bertz CT molecular complexity index is 1190. The molecular weight excluding hydrogens is 501 g/mol. The zero-order valence-electron chi connectivity index (χ0n) is 20.7. The first kappa shape index (κ1) is 30.8. The number of aryl methyl sites for hydroxylation is 3. The van der Waals surface area contributed by atoms with E-state index in [1.165, 1.54) is 6.07 Å². The van der Waals surface area contributed by atoms with Crippen molar-refractivity contribution in [3.63, 3.8) is 0 Å². The number of sulfonamides is 1. The van der Waals surface area contributed by atoms with Crippen molar-refractivity contribution in [2.24, 2.45) is 0 Å². The number of nitrogens with zero attached hydrogens (tertiary/aromatic N) is 1. The summed E-state index contributed by atoms with van der Waals surface area (Å²) in [6.07, 6.45) is -3.31. The molecule has 2 aromatic carbocycles. The molecule has 0 saturated carbocycles. The minimum absolute atomic E-state index is 0.0870. The molecule has 0 spiro atoms. The van der Waals surface area contributed by atoms with Gasteiger partial charge in [-0.15, -0.1) is 0 Å². The van der Waals surface area contributed by atoms with Crippen molar-refractivity contribution in [3.8, 4) is 0 Å². The fourth-order valence-electron chi connectivity index (χ4n) is 3.37. The Morgan fingerprint density at radius 2 is 1.42 bits per heavy atom. The van der Waals surface area contributed by atoms with Crippen LogP contribution >= 0.6 is 0 Å². The van der Waals surface area contributed by atoms with Gasteiger partial charge in [0.25, 0.3) is 10.0 Å². The van der Waals surface area contributed by atoms with Crippen LogP contribution in [0.2, 0.25) is 0 Å². The lowest BCUT2D eigenvalue weighted by Crippen LogP contribution is -2.27. The van der Waals surface area contributed by atoms with Crippen LogP contribution in [0.15, 0.2) is 35.2 Å².